The number of aryl methyl sites for hydroxylation is 2. The van der Waals surface area contributed by atoms with Gasteiger partial charge in [-0.3, -0.25) is 9.59 Å². The van der Waals surface area contributed by atoms with Gasteiger partial charge in [0.25, 0.3) is 5.91 Å². The first-order chi connectivity index (χ1) is 13.5. The quantitative estimate of drug-likeness (QED) is 0.860. The lowest BCUT2D eigenvalue weighted by Crippen LogP contribution is -2.40. The zero-order valence-corrected chi connectivity index (χ0v) is 16.8. The van der Waals surface area contributed by atoms with Crippen LogP contribution < -0.4 is 5.32 Å². The summed E-state index contributed by atoms with van der Waals surface area (Å²) < 4.78 is 11.3. The molecule has 3 unspecified atom stereocenters. The van der Waals surface area contributed by atoms with E-state index < -0.39 is 0 Å². The Balaban J connectivity index is 1.44. The first-order valence-corrected chi connectivity index (χ1v) is 10.4. The molecule has 1 aromatic carbocycles. The molecule has 3 aliphatic heterocycles. The van der Waals surface area contributed by atoms with Crippen LogP contribution in [0.4, 0.5) is 0 Å². The number of benzene rings is 1. The highest BCUT2D eigenvalue weighted by Crippen LogP contribution is 2.35. The van der Waals surface area contributed by atoms with E-state index in [0.29, 0.717) is 31.2 Å². The number of rotatable bonds is 4. The Morgan fingerprint density at radius 3 is 2.50 bits per heavy atom. The Labute approximate surface area is 166 Å². The number of nitrogens with one attached hydrogen (secondary N) is 1. The van der Waals surface area contributed by atoms with Crippen LogP contribution in [-0.2, 0) is 14.3 Å². The van der Waals surface area contributed by atoms with Gasteiger partial charge < -0.3 is 19.7 Å². The maximum Gasteiger partial charge on any atom is 0.254 e. The van der Waals surface area contributed by atoms with E-state index in [1.54, 1.807) is 0 Å². The van der Waals surface area contributed by atoms with Crippen molar-refractivity contribution in [1.29, 1.82) is 0 Å². The van der Waals surface area contributed by atoms with Crippen molar-refractivity contribution in [1.82, 2.24) is 10.2 Å². The molecule has 0 radical (unpaired) electrons. The molecular weight excluding hydrogens is 356 g/mol. The zero-order chi connectivity index (χ0) is 19.7. The van der Waals surface area contributed by atoms with Crippen molar-refractivity contribution < 1.29 is 19.1 Å². The first kappa shape index (κ1) is 19.4. The van der Waals surface area contributed by atoms with Gasteiger partial charge in [-0.25, -0.2) is 0 Å². The summed E-state index contributed by atoms with van der Waals surface area (Å²) in [6.07, 6.45) is 2.59. The second kappa shape index (κ2) is 8.21. The van der Waals surface area contributed by atoms with E-state index in [1.165, 1.54) is 0 Å². The fourth-order valence-electron chi connectivity index (χ4n) is 4.83. The first-order valence-electron chi connectivity index (χ1n) is 10.4. The van der Waals surface area contributed by atoms with Crippen LogP contribution >= 0.6 is 0 Å². The fourth-order valence-corrected chi connectivity index (χ4v) is 4.83. The van der Waals surface area contributed by atoms with Crippen molar-refractivity contribution in [3.05, 3.63) is 34.9 Å². The molecule has 1 N–H and O–H groups in total. The number of hydrogen-bond donors (Lipinski definition) is 1. The molecule has 0 aliphatic carbocycles. The van der Waals surface area contributed by atoms with Crippen LogP contribution in [0.1, 0.15) is 40.7 Å². The average molecular weight is 386 g/mol. The van der Waals surface area contributed by atoms with Crippen molar-refractivity contribution in [2.24, 2.45) is 11.8 Å². The van der Waals surface area contributed by atoms with Crippen LogP contribution in [0.25, 0.3) is 0 Å². The molecule has 0 bridgehead atoms. The van der Waals surface area contributed by atoms with Crippen molar-refractivity contribution >= 4 is 11.8 Å². The van der Waals surface area contributed by atoms with Gasteiger partial charge >= 0.3 is 0 Å². The van der Waals surface area contributed by atoms with Gasteiger partial charge in [-0.1, -0.05) is 17.2 Å². The molecule has 6 heteroatoms. The molecular formula is C22H30N2O4. The largest absolute Gasteiger partial charge is 0.381 e. The highest BCUT2D eigenvalue weighted by molar-refractivity contribution is 5.96. The van der Waals surface area contributed by atoms with Crippen molar-refractivity contribution in [3.8, 4) is 0 Å². The molecule has 3 heterocycles. The van der Waals surface area contributed by atoms with Crippen LogP contribution in [0.2, 0.25) is 0 Å². The summed E-state index contributed by atoms with van der Waals surface area (Å²) in [5, 5.41) is 3.11. The van der Waals surface area contributed by atoms with E-state index in [1.807, 2.05) is 30.9 Å². The number of carbonyl (C=O) groups excluding carboxylic acids is 2. The van der Waals surface area contributed by atoms with Crippen LogP contribution in [-0.4, -0.2) is 61.8 Å². The minimum absolute atomic E-state index is 0.00651. The predicted octanol–water partition coefficient (Wildman–Crippen LogP) is 2.08. The standard InChI is InChI=1S/C22H30N2O4/c1-14-9-15(2)11-17(10-14)22(26)24-13-18(20-19(24)5-8-28-20)21(25)23-12-16-3-6-27-7-4-16/h9-11,16,18-20H,3-8,12-13H2,1-2H3,(H,23,25). The number of fused-ring (bicyclic) bond motifs is 1. The van der Waals surface area contributed by atoms with Gasteiger partial charge in [0.2, 0.25) is 5.91 Å². The Morgan fingerprint density at radius 2 is 1.79 bits per heavy atom. The Kier molecular flexibility index (Phi) is 5.69. The molecule has 152 valence electrons. The molecule has 0 aromatic heterocycles. The summed E-state index contributed by atoms with van der Waals surface area (Å²) in [6, 6.07) is 5.92. The van der Waals surface area contributed by atoms with Gasteiger partial charge in [-0.15, -0.1) is 0 Å². The smallest absolute Gasteiger partial charge is 0.254 e. The lowest BCUT2D eigenvalue weighted by atomic mass is 9.98. The molecule has 4 rings (SSSR count). The number of nitrogens with zero attached hydrogens (tertiary/aromatic N) is 1. The van der Waals surface area contributed by atoms with Gasteiger partial charge in [-0.2, -0.15) is 0 Å². The van der Waals surface area contributed by atoms with Gasteiger partial charge in [0.15, 0.2) is 0 Å². The van der Waals surface area contributed by atoms with Crippen molar-refractivity contribution in [3.63, 3.8) is 0 Å². The van der Waals surface area contributed by atoms with Crippen molar-refractivity contribution in [2.75, 3.05) is 32.9 Å². The topological polar surface area (TPSA) is 67.9 Å². The molecule has 2 amide bonds. The van der Waals surface area contributed by atoms with Gasteiger partial charge in [0, 0.05) is 38.5 Å². The number of likely N-dealkylation sites (tertiary alicyclic amines) is 1. The maximum absolute atomic E-state index is 13.2. The number of carbonyl (C=O) groups is 2. The van der Waals surface area contributed by atoms with E-state index in [9.17, 15) is 9.59 Å². The third kappa shape index (κ3) is 3.94. The predicted molar refractivity (Wildman–Crippen MR) is 105 cm³/mol. The molecule has 3 saturated heterocycles. The molecule has 28 heavy (non-hydrogen) atoms. The summed E-state index contributed by atoms with van der Waals surface area (Å²) in [5.41, 5.74) is 2.85. The lowest BCUT2D eigenvalue weighted by molar-refractivity contribution is -0.128. The summed E-state index contributed by atoms with van der Waals surface area (Å²) in [4.78, 5) is 27.9. The zero-order valence-electron chi connectivity index (χ0n) is 16.8. The second-order valence-corrected chi connectivity index (χ2v) is 8.43. The summed E-state index contributed by atoms with van der Waals surface area (Å²) in [5.74, 6) is 0.209. The molecule has 0 saturated carbocycles. The molecule has 3 fully saturated rings. The van der Waals surface area contributed by atoms with Crippen LogP contribution in [0.15, 0.2) is 18.2 Å². The molecule has 1 aromatic rings. The summed E-state index contributed by atoms with van der Waals surface area (Å²) >= 11 is 0. The number of amides is 2. The Morgan fingerprint density at radius 1 is 1.07 bits per heavy atom. The van der Waals surface area contributed by atoms with E-state index in [0.717, 1.165) is 43.6 Å². The minimum Gasteiger partial charge on any atom is -0.381 e. The SMILES string of the molecule is Cc1cc(C)cc(C(=O)N2CC(C(=O)NCC3CCOCC3)C3OCCC32)c1. The Hall–Kier alpha value is -1.92. The highest BCUT2D eigenvalue weighted by Gasteiger charge is 2.50. The Bertz CT molecular complexity index is 724. The fraction of sp³-hybridized carbons (Fsp3) is 0.636. The highest BCUT2D eigenvalue weighted by atomic mass is 16.5. The average Bonchev–Trinajstić information content (AvgIpc) is 3.28. The third-order valence-electron chi connectivity index (χ3n) is 6.27. The number of ether oxygens (including phenoxy) is 2. The monoisotopic (exact) mass is 386 g/mol. The van der Waals surface area contributed by atoms with Gasteiger partial charge in [0.1, 0.15) is 0 Å². The van der Waals surface area contributed by atoms with Gasteiger partial charge in [-0.05, 0) is 51.2 Å². The van der Waals surface area contributed by atoms with Crippen molar-refractivity contribution in [2.45, 2.75) is 45.3 Å². The molecule has 3 atom stereocenters. The van der Waals surface area contributed by atoms with Crippen LogP contribution in [0.5, 0.6) is 0 Å². The van der Waals surface area contributed by atoms with E-state index in [-0.39, 0.29) is 29.9 Å². The molecule has 6 nitrogen and oxygen atoms in total. The normalized spacial score (nSPS) is 27.6. The number of hydrogen-bond acceptors (Lipinski definition) is 4. The van der Waals surface area contributed by atoms with E-state index in [2.05, 4.69) is 11.4 Å². The van der Waals surface area contributed by atoms with Gasteiger partial charge in [0.05, 0.1) is 18.1 Å². The molecule has 3 aliphatic rings. The molecule has 0 spiro atoms. The van der Waals surface area contributed by atoms with E-state index >= 15 is 0 Å². The second-order valence-electron chi connectivity index (χ2n) is 8.43. The summed E-state index contributed by atoms with van der Waals surface area (Å²) in [6.45, 7) is 7.27. The third-order valence-corrected chi connectivity index (χ3v) is 6.27. The summed E-state index contributed by atoms with van der Waals surface area (Å²) in [7, 11) is 0. The maximum atomic E-state index is 13.2. The van der Waals surface area contributed by atoms with E-state index in [4.69, 9.17) is 9.47 Å². The lowest BCUT2D eigenvalue weighted by Gasteiger charge is -2.23. The van der Waals surface area contributed by atoms with Crippen LogP contribution in [0.3, 0.4) is 0 Å². The van der Waals surface area contributed by atoms with Crippen LogP contribution in [0, 0.1) is 25.7 Å². The minimum atomic E-state index is -0.290.